The molecule has 0 aromatic heterocycles. The van der Waals surface area contributed by atoms with E-state index in [0.717, 1.165) is 25.1 Å². The number of carbonyl (C=O) groups excluding carboxylic acids is 1. The predicted octanol–water partition coefficient (Wildman–Crippen LogP) is 1.02. The lowest BCUT2D eigenvalue weighted by Gasteiger charge is -2.12. The number of hydrogen-bond donors (Lipinski definition) is 2. The molecule has 0 bridgehead atoms. The van der Waals surface area contributed by atoms with Gasteiger partial charge in [0.15, 0.2) is 0 Å². The van der Waals surface area contributed by atoms with E-state index < -0.39 is 0 Å². The third-order valence-corrected chi connectivity index (χ3v) is 3.04. The fourth-order valence-corrected chi connectivity index (χ4v) is 2.04. The summed E-state index contributed by atoms with van der Waals surface area (Å²) in [4.78, 5) is 11.8. The van der Waals surface area contributed by atoms with Crippen LogP contribution in [0.5, 0.6) is 0 Å². The summed E-state index contributed by atoms with van der Waals surface area (Å²) in [6.07, 6.45) is 1.53. The van der Waals surface area contributed by atoms with Crippen molar-refractivity contribution in [3.63, 3.8) is 0 Å². The Morgan fingerprint density at radius 3 is 3.00 bits per heavy atom. The highest BCUT2D eigenvalue weighted by Gasteiger charge is 2.16. The van der Waals surface area contributed by atoms with Gasteiger partial charge < -0.3 is 10.6 Å². The second kappa shape index (κ2) is 5.12. The molecule has 3 heteroatoms. The summed E-state index contributed by atoms with van der Waals surface area (Å²) in [6.45, 7) is 3.95. The summed E-state index contributed by atoms with van der Waals surface area (Å²) in [6, 6.07) is 8.35. The molecule has 0 radical (unpaired) electrons. The predicted molar refractivity (Wildman–Crippen MR) is 64.3 cm³/mol. The van der Waals surface area contributed by atoms with Crippen LogP contribution in [0.1, 0.15) is 17.5 Å². The molecule has 1 amide bonds. The Morgan fingerprint density at radius 2 is 2.31 bits per heavy atom. The van der Waals surface area contributed by atoms with Crippen LogP contribution in [0, 0.1) is 6.92 Å². The first-order valence-electron chi connectivity index (χ1n) is 5.80. The van der Waals surface area contributed by atoms with E-state index in [0.29, 0.717) is 12.5 Å². The summed E-state index contributed by atoms with van der Waals surface area (Å²) in [5.74, 6) is 0.128. The van der Waals surface area contributed by atoms with Gasteiger partial charge in [0.2, 0.25) is 5.91 Å². The van der Waals surface area contributed by atoms with Gasteiger partial charge in [-0.1, -0.05) is 24.3 Å². The molecule has 2 N–H and O–H groups in total. The molecule has 2 rings (SSSR count). The maximum absolute atomic E-state index is 11.8. The minimum Gasteiger partial charge on any atom is -0.352 e. The monoisotopic (exact) mass is 218 g/mol. The topological polar surface area (TPSA) is 41.1 Å². The fourth-order valence-electron chi connectivity index (χ4n) is 2.04. The molecule has 0 spiro atoms. The third-order valence-electron chi connectivity index (χ3n) is 3.04. The number of carbonyl (C=O) groups is 1. The van der Waals surface area contributed by atoms with E-state index in [4.69, 9.17) is 0 Å². The Kier molecular flexibility index (Phi) is 3.57. The highest BCUT2D eigenvalue weighted by Crippen LogP contribution is 2.08. The SMILES string of the molecule is Cc1ccccc1CC(=O)N[C@H]1CCNC1. The van der Waals surface area contributed by atoms with Crippen molar-refractivity contribution in [1.29, 1.82) is 0 Å². The van der Waals surface area contributed by atoms with Gasteiger partial charge in [-0.15, -0.1) is 0 Å². The van der Waals surface area contributed by atoms with Crippen LogP contribution in [-0.4, -0.2) is 25.0 Å². The van der Waals surface area contributed by atoms with Crippen LogP contribution in [0.4, 0.5) is 0 Å². The normalized spacial score (nSPS) is 19.7. The number of nitrogens with one attached hydrogen (secondary N) is 2. The summed E-state index contributed by atoms with van der Waals surface area (Å²) in [7, 11) is 0. The zero-order valence-electron chi connectivity index (χ0n) is 9.62. The summed E-state index contributed by atoms with van der Waals surface area (Å²) in [5.41, 5.74) is 2.30. The van der Waals surface area contributed by atoms with Gasteiger partial charge in [0.05, 0.1) is 6.42 Å². The van der Waals surface area contributed by atoms with Crippen LogP contribution in [0.15, 0.2) is 24.3 Å². The molecule has 3 nitrogen and oxygen atoms in total. The molecular weight excluding hydrogens is 200 g/mol. The second-order valence-corrected chi connectivity index (χ2v) is 4.36. The first kappa shape index (κ1) is 11.1. The highest BCUT2D eigenvalue weighted by atomic mass is 16.1. The van der Waals surface area contributed by atoms with Crippen molar-refractivity contribution in [3.8, 4) is 0 Å². The summed E-state index contributed by atoms with van der Waals surface area (Å²) in [5, 5.41) is 6.29. The lowest BCUT2D eigenvalue weighted by molar-refractivity contribution is -0.121. The van der Waals surface area contributed by atoms with Crippen LogP contribution in [0.25, 0.3) is 0 Å². The fraction of sp³-hybridized carbons (Fsp3) is 0.462. The van der Waals surface area contributed by atoms with Crippen LogP contribution in [0.2, 0.25) is 0 Å². The van der Waals surface area contributed by atoms with Gasteiger partial charge in [0, 0.05) is 12.6 Å². The van der Waals surface area contributed by atoms with Crippen molar-refractivity contribution in [2.45, 2.75) is 25.8 Å². The van der Waals surface area contributed by atoms with E-state index in [1.54, 1.807) is 0 Å². The maximum atomic E-state index is 11.8. The Morgan fingerprint density at radius 1 is 1.50 bits per heavy atom. The molecular formula is C13H18N2O. The van der Waals surface area contributed by atoms with Crippen molar-refractivity contribution in [2.75, 3.05) is 13.1 Å². The molecule has 0 aliphatic carbocycles. The van der Waals surface area contributed by atoms with Crippen LogP contribution in [-0.2, 0) is 11.2 Å². The Hall–Kier alpha value is -1.35. The second-order valence-electron chi connectivity index (χ2n) is 4.36. The number of hydrogen-bond acceptors (Lipinski definition) is 2. The van der Waals surface area contributed by atoms with Gasteiger partial charge >= 0.3 is 0 Å². The quantitative estimate of drug-likeness (QED) is 0.795. The van der Waals surface area contributed by atoms with E-state index in [-0.39, 0.29) is 5.91 Å². The summed E-state index contributed by atoms with van der Waals surface area (Å²) >= 11 is 0. The average Bonchev–Trinajstić information content (AvgIpc) is 2.74. The van der Waals surface area contributed by atoms with Gasteiger partial charge in [-0.3, -0.25) is 4.79 Å². The molecule has 1 aliphatic rings. The number of benzene rings is 1. The number of rotatable bonds is 3. The van der Waals surface area contributed by atoms with Crippen LogP contribution in [0.3, 0.4) is 0 Å². The molecule has 16 heavy (non-hydrogen) atoms. The largest absolute Gasteiger partial charge is 0.352 e. The Labute approximate surface area is 96.2 Å². The molecule has 1 aromatic rings. The first-order chi connectivity index (χ1) is 7.75. The molecule has 1 fully saturated rings. The Balaban J connectivity index is 1.89. The Bertz CT molecular complexity index is 370. The van der Waals surface area contributed by atoms with Crippen molar-refractivity contribution >= 4 is 5.91 Å². The minimum absolute atomic E-state index is 0.128. The van der Waals surface area contributed by atoms with E-state index in [2.05, 4.69) is 10.6 Å². The first-order valence-corrected chi connectivity index (χ1v) is 5.80. The lowest BCUT2D eigenvalue weighted by atomic mass is 10.1. The number of aryl methyl sites for hydroxylation is 1. The van der Waals surface area contributed by atoms with Crippen LogP contribution >= 0.6 is 0 Å². The van der Waals surface area contributed by atoms with Gasteiger partial charge in [-0.2, -0.15) is 0 Å². The molecule has 1 saturated heterocycles. The van der Waals surface area contributed by atoms with E-state index in [9.17, 15) is 4.79 Å². The lowest BCUT2D eigenvalue weighted by Crippen LogP contribution is -2.37. The molecule has 1 aromatic carbocycles. The third kappa shape index (κ3) is 2.83. The molecule has 0 unspecified atom stereocenters. The molecule has 1 heterocycles. The van der Waals surface area contributed by atoms with E-state index >= 15 is 0 Å². The highest BCUT2D eigenvalue weighted by molar-refractivity contribution is 5.79. The van der Waals surface area contributed by atoms with E-state index in [1.807, 2.05) is 31.2 Å². The molecule has 0 saturated carbocycles. The van der Waals surface area contributed by atoms with Crippen molar-refractivity contribution in [2.24, 2.45) is 0 Å². The zero-order valence-corrected chi connectivity index (χ0v) is 9.62. The molecule has 1 atom stereocenters. The smallest absolute Gasteiger partial charge is 0.224 e. The standard InChI is InChI=1S/C13H18N2O/c1-10-4-2-3-5-11(10)8-13(16)15-12-6-7-14-9-12/h2-5,12,14H,6-9H2,1H3,(H,15,16)/t12-/m0/s1. The maximum Gasteiger partial charge on any atom is 0.224 e. The summed E-state index contributed by atoms with van der Waals surface area (Å²) < 4.78 is 0. The van der Waals surface area contributed by atoms with Gasteiger partial charge in [-0.05, 0) is 31.0 Å². The van der Waals surface area contributed by atoms with Gasteiger partial charge in [0.25, 0.3) is 0 Å². The van der Waals surface area contributed by atoms with E-state index in [1.165, 1.54) is 5.56 Å². The van der Waals surface area contributed by atoms with Crippen molar-refractivity contribution < 1.29 is 4.79 Å². The average molecular weight is 218 g/mol. The molecule has 1 aliphatic heterocycles. The zero-order chi connectivity index (χ0) is 11.4. The van der Waals surface area contributed by atoms with Gasteiger partial charge in [0.1, 0.15) is 0 Å². The van der Waals surface area contributed by atoms with Gasteiger partial charge in [-0.25, -0.2) is 0 Å². The van der Waals surface area contributed by atoms with Crippen LogP contribution < -0.4 is 10.6 Å². The molecule has 86 valence electrons. The van der Waals surface area contributed by atoms with Crippen molar-refractivity contribution in [1.82, 2.24) is 10.6 Å². The minimum atomic E-state index is 0.128. The number of amides is 1. The van der Waals surface area contributed by atoms with Crippen molar-refractivity contribution in [3.05, 3.63) is 35.4 Å².